The van der Waals surface area contributed by atoms with Crippen molar-refractivity contribution in [2.24, 2.45) is 0 Å². The zero-order valence-corrected chi connectivity index (χ0v) is 43.0. The summed E-state index contributed by atoms with van der Waals surface area (Å²) in [5.41, 5.74) is -11.5. The minimum atomic E-state index is -9.56. The van der Waals surface area contributed by atoms with Gasteiger partial charge in [0.05, 0.1) is 0 Å². The Kier molecular flexibility index (Phi) is 19.5. The molecule has 0 aliphatic heterocycles. The molecule has 0 aliphatic carbocycles. The van der Waals surface area contributed by atoms with Gasteiger partial charge in [-0.25, -0.2) is 0 Å². The van der Waals surface area contributed by atoms with E-state index in [2.05, 4.69) is 0 Å². The first-order chi connectivity index (χ1) is 40.9. The molecule has 0 aromatic heterocycles. The fourth-order valence-corrected chi connectivity index (χ4v) is 9.92. The highest BCUT2D eigenvalue weighted by Gasteiger charge is 2.99. The minimum Gasteiger partial charge on any atom is -0.309 e. The van der Waals surface area contributed by atoms with Crippen molar-refractivity contribution in [3.63, 3.8) is 0 Å². The first kappa shape index (κ1) is 83.5. The first-order valence-corrected chi connectivity index (χ1v) is 23.7. The highest BCUT2D eigenvalue weighted by molar-refractivity contribution is 7.85. The van der Waals surface area contributed by atoms with Crippen LogP contribution in [-0.2, 0) is 22.3 Å². The van der Waals surface area contributed by atoms with Crippen molar-refractivity contribution in [2.45, 2.75) is 143 Å². The quantitative estimate of drug-likeness (QED) is 0.0645. The van der Waals surface area contributed by atoms with Gasteiger partial charge in [0.15, 0.2) is 7.14 Å². The molecule has 3 aromatic carbocycles. The fourth-order valence-electron chi connectivity index (χ4n) is 7.17. The number of hydrogen-bond acceptors (Lipinski definition) is 1. The molecule has 0 radical (unpaired) electrons. The zero-order valence-electron chi connectivity index (χ0n) is 42.1. The Morgan fingerprint density at radius 1 is 0.179 bits per heavy atom. The van der Waals surface area contributed by atoms with Crippen molar-refractivity contribution < 1.29 is 228 Å². The number of alkyl halides is 51. The fraction of sp³-hybridized carbons (Fsp3) is 0.571. The SMILES string of the molecule is O=P(c1cccc(C(F)(F)C(F)(F)C(F)(F)C(F)(F)C(F)(F)C(F)(F)C(F)(F)C(F)(F)F)c1)(c1cccc(C(F)(F)C(F)(F)C(F)(F)C(F)(F)C(F)(F)C(F)(F)C(F)(F)C(F)(F)F)c1)c1cccc(C(F)(F)C(F)(F)C(F)(F)C(F)(F)C(F)(F)C(F)(F)C(F)(F)C(F)(F)F)c1. The number of benzene rings is 3. The molecule has 53 heteroatoms. The van der Waals surface area contributed by atoms with Gasteiger partial charge in [-0.2, -0.15) is 224 Å². The summed E-state index contributed by atoms with van der Waals surface area (Å²) in [5, 5.41) is -8.80. The van der Waals surface area contributed by atoms with E-state index in [1.54, 1.807) is 0 Å². The molecule has 0 saturated carbocycles. The van der Waals surface area contributed by atoms with Crippen LogP contribution in [0.3, 0.4) is 0 Å². The molecule has 0 atom stereocenters. The van der Waals surface area contributed by atoms with E-state index in [-0.39, 0.29) is 0 Å². The molecule has 548 valence electrons. The van der Waals surface area contributed by atoms with E-state index < -0.39 is 255 Å². The monoisotopic (exact) mass is 1530 g/mol. The van der Waals surface area contributed by atoms with Gasteiger partial charge in [0, 0.05) is 32.6 Å². The first-order valence-electron chi connectivity index (χ1n) is 22.0. The van der Waals surface area contributed by atoms with E-state index in [0.29, 0.717) is 0 Å². The molecule has 0 spiro atoms. The van der Waals surface area contributed by atoms with Gasteiger partial charge in [-0.1, -0.05) is 54.6 Å². The van der Waals surface area contributed by atoms with Crippen molar-refractivity contribution in [1.29, 1.82) is 0 Å². The molecule has 0 amide bonds. The summed E-state index contributed by atoms with van der Waals surface area (Å²) in [5.74, 6) is -191. The topological polar surface area (TPSA) is 17.1 Å². The van der Waals surface area contributed by atoms with Gasteiger partial charge in [0.1, 0.15) is 0 Å². The van der Waals surface area contributed by atoms with Crippen molar-refractivity contribution in [1.82, 2.24) is 0 Å². The lowest BCUT2D eigenvalue weighted by atomic mass is 9.87. The highest BCUT2D eigenvalue weighted by atomic mass is 31.2. The maximum Gasteiger partial charge on any atom is 0.460 e. The van der Waals surface area contributed by atoms with Gasteiger partial charge in [0.25, 0.3) is 0 Å². The van der Waals surface area contributed by atoms with Crippen LogP contribution in [0.1, 0.15) is 16.7 Å². The minimum absolute atomic E-state index is 0.806. The van der Waals surface area contributed by atoms with Crippen LogP contribution in [0.25, 0.3) is 0 Å². The second-order valence-electron chi connectivity index (χ2n) is 18.8. The Morgan fingerprint density at radius 3 is 0.442 bits per heavy atom. The van der Waals surface area contributed by atoms with Crippen LogP contribution in [0.4, 0.5) is 224 Å². The molecular formula is C42H12F51OP. The third-order valence-electron chi connectivity index (χ3n) is 12.9. The Hall–Kier alpha value is -5.68. The smallest absolute Gasteiger partial charge is 0.309 e. The summed E-state index contributed by atoms with van der Waals surface area (Å²) in [6.45, 7) is 0. The molecule has 95 heavy (non-hydrogen) atoms. The van der Waals surface area contributed by atoms with Gasteiger partial charge in [-0.3, -0.25) is 0 Å². The van der Waals surface area contributed by atoms with E-state index in [4.69, 9.17) is 0 Å². The van der Waals surface area contributed by atoms with Gasteiger partial charge < -0.3 is 4.57 Å². The zero-order chi connectivity index (χ0) is 76.4. The van der Waals surface area contributed by atoms with Crippen LogP contribution >= 0.6 is 7.14 Å². The van der Waals surface area contributed by atoms with Gasteiger partial charge in [0.2, 0.25) is 0 Å². The van der Waals surface area contributed by atoms with Gasteiger partial charge in [-0.15, -0.1) is 0 Å². The Labute approximate surface area is 484 Å². The third-order valence-corrected chi connectivity index (χ3v) is 15.9. The van der Waals surface area contributed by atoms with Crippen LogP contribution in [-0.4, -0.2) is 125 Å². The van der Waals surface area contributed by atoms with Crippen molar-refractivity contribution in [3.05, 3.63) is 89.5 Å². The van der Waals surface area contributed by atoms with Crippen molar-refractivity contribution in [2.75, 3.05) is 0 Å². The second-order valence-corrected chi connectivity index (χ2v) is 21.6. The maximum absolute atomic E-state index is 15.7. The van der Waals surface area contributed by atoms with Gasteiger partial charge in [-0.05, 0) is 18.2 Å². The molecule has 0 saturated heterocycles. The predicted octanol–water partition coefficient (Wildman–Crippen LogP) is 19.7. The largest absolute Gasteiger partial charge is 0.460 e. The number of rotatable bonds is 24. The Balaban J connectivity index is 2.67. The molecule has 0 heterocycles. The molecule has 1 nitrogen and oxygen atoms in total. The molecular weight excluding hydrogens is 1520 g/mol. The molecule has 0 aliphatic rings. The van der Waals surface area contributed by atoms with E-state index in [9.17, 15) is 171 Å². The summed E-state index contributed by atoms with van der Waals surface area (Å²) in [6.07, 6.45) is -25.2. The average Bonchev–Trinajstić information content (AvgIpc) is 0.704. The van der Waals surface area contributed by atoms with Crippen molar-refractivity contribution in [3.8, 4) is 0 Å². The van der Waals surface area contributed by atoms with E-state index in [1.165, 1.54) is 0 Å². The molecule has 0 bridgehead atoms. The lowest BCUT2D eigenvalue weighted by Crippen LogP contribution is -2.74. The lowest BCUT2D eigenvalue weighted by Gasteiger charge is -2.43. The molecule has 3 aromatic rings. The van der Waals surface area contributed by atoms with Crippen LogP contribution in [0.15, 0.2) is 72.8 Å². The summed E-state index contributed by atoms with van der Waals surface area (Å²) < 4.78 is 738. The highest BCUT2D eigenvalue weighted by Crippen LogP contribution is 2.70. The lowest BCUT2D eigenvalue weighted by molar-refractivity contribution is -0.462. The van der Waals surface area contributed by atoms with Crippen LogP contribution < -0.4 is 15.9 Å². The molecule has 0 unspecified atom stereocenters. The van der Waals surface area contributed by atoms with Gasteiger partial charge >= 0.3 is 143 Å². The summed E-state index contributed by atoms with van der Waals surface area (Å²) in [7, 11) is -7.66. The maximum atomic E-state index is 15.7. The normalized spacial score (nSPS) is 16.4. The van der Waals surface area contributed by atoms with E-state index in [1.807, 2.05) is 0 Å². The Morgan fingerprint density at radius 2 is 0.305 bits per heavy atom. The number of halogens is 51. The third kappa shape index (κ3) is 10.6. The molecule has 0 fully saturated rings. The number of hydrogen-bond donors (Lipinski definition) is 0. The van der Waals surface area contributed by atoms with Crippen LogP contribution in [0.5, 0.6) is 0 Å². The molecule has 0 N–H and O–H groups in total. The predicted molar refractivity (Wildman–Crippen MR) is 205 cm³/mol. The Bertz CT molecular complexity index is 3010. The standard InChI is InChI=1S/C42H12F51OP/c43-19(44,22(49,50)25(55,56)28(61,62)31(67,68)34(73,74)37(79,80)40(85,86)87)13-4-1-7-16(10-13)95(94,17-8-2-5-14(11-17)20(45,46)23(51,52)26(57,58)29(63,64)32(69,70)35(75,76)38(81,82)41(88,89)90)18-9-3-6-15(12-18)21(47,48)24(53,54)27(59,60)30(65,66)33(71,72)36(77,78)39(83,84)42(91,92)93/h1-12H. The molecule has 3 rings (SSSR count). The van der Waals surface area contributed by atoms with Crippen molar-refractivity contribution >= 4 is 23.1 Å². The summed E-state index contributed by atoms with van der Waals surface area (Å²) in [6, 6.07) is -14.1. The summed E-state index contributed by atoms with van der Waals surface area (Å²) >= 11 is 0. The average molecular weight is 1530 g/mol. The second kappa shape index (κ2) is 22.2. The van der Waals surface area contributed by atoms with E-state index in [0.717, 1.165) is 0 Å². The summed E-state index contributed by atoms with van der Waals surface area (Å²) in [4.78, 5) is 0. The van der Waals surface area contributed by atoms with E-state index >= 15 is 57.3 Å². The van der Waals surface area contributed by atoms with Crippen LogP contribution in [0.2, 0.25) is 0 Å². The van der Waals surface area contributed by atoms with Crippen LogP contribution in [0, 0.1) is 0 Å².